The Kier molecular flexibility index (Phi) is 7.64. The second-order valence-electron chi connectivity index (χ2n) is 7.96. The highest BCUT2D eigenvalue weighted by Crippen LogP contribution is 2.31. The highest BCUT2D eigenvalue weighted by molar-refractivity contribution is 6.53. The Morgan fingerprint density at radius 1 is 0.946 bits per heavy atom. The Morgan fingerprint density at radius 2 is 1.68 bits per heavy atom. The van der Waals surface area contributed by atoms with Gasteiger partial charge in [0.2, 0.25) is 0 Å². The molecule has 0 spiro atoms. The molecule has 0 bridgehead atoms. The number of benzene rings is 3. The zero-order chi connectivity index (χ0) is 26.5. The molecule has 10 heteroatoms. The van der Waals surface area contributed by atoms with Gasteiger partial charge in [0, 0.05) is 11.3 Å². The molecule has 0 aromatic heterocycles. The van der Waals surface area contributed by atoms with E-state index < -0.39 is 29.5 Å². The van der Waals surface area contributed by atoms with Crippen LogP contribution < -0.4 is 15.5 Å². The van der Waals surface area contributed by atoms with Crippen molar-refractivity contribution in [2.45, 2.75) is 13.3 Å². The first-order valence-corrected chi connectivity index (χ1v) is 11.7. The van der Waals surface area contributed by atoms with Gasteiger partial charge in [-0.05, 0) is 61.0 Å². The van der Waals surface area contributed by atoms with Crippen LogP contribution in [0.4, 0.5) is 21.5 Å². The van der Waals surface area contributed by atoms with E-state index in [9.17, 15) is 23.6 Å². The third-order valence-electron chi connectivity index (χ3n) is 5.34. The number of nitrogens with zero attached hydrogens (tertiary/aromatic N) is 1. The van der Waals surface area contributed by atoms with E-state index in [1.165, 1.54) is 66.7 Å². The number of imide groups is 1. The zero-order valence-electron chi connectivity index (χ0n) is 19.6. The summed E-state index contributed by atoms with van der Waals surface area (Å²) in [5.41, 5.74) is 0.870. The second kappa shape index (κ2) is 11.0. The molecule has 0 saturated heterocycles. The molecule has 1 aliphatic rings. The minimum absolute atomic E-state index is 0.0458. The lowest BCUT2D eigenvalue weighted by Gasteiger charge is -2.16. The van der Waals surface area contributed by atoms with Gasteiger partial charge in [-0.2, -0.15) is 0 Å². The van der Waals surface area contributed by atoms with Gasteiger partial charge in [0.1, 0.15) is 16.5 Å². The minimum Gasteiger partial charge on any atom is -0.462 e. The lowest BCUT2D eigenvalue weighted by molar-refractivity contribution is -0.120. The molecule has 0 unspecified atom stereocenters. The molecule has 1 aliphatic heterocycles. The lowest BCUT2D eigenvalue weighted by atomic mass is 10.1. The van der Waals surface area contributed by atoms with Crippen molar-refractivity contribution in [3.8, 4) is 0 Å². The van der Waals surface area contributed by atoms with Gasteiger partial charge in [-0.3, -0.25) is 14.4 Å². The number of rotatable bonds is 8. The summed E-state index contributed by atoms with van der Waals surface area (Å²) in [6.45, 7) is 2.11. The average molecular weight is 522 g/mol. The van der Waals surface area contributed by atoms with E-state index in [4.69, 9.17) is 16.3 Å². The molecule has 37 heavy (non-hydrogen) atoms. The number of halogens is 2. The number of carbonyl (C=O) groups is 4. The predicted molar refractivity (Wildman–Crippen MR) is 137 cm³/mol. The number of para-hydroxylation sites is 1. The Labute approximate surface area is 216 Å². The summed E-state index contributed by atoms with van der Waals surface area (Å²) in [5.74, 6) is -3.12. The molecule has 0 saturated carbocycles. The van der Waals surface area contributed by atoms with Gasteiger partial charge in [-0.25, -0.2) is 14.1 Å². The highest BCUT2D eigenvalue weighted by atomic mass is 35.5. The fraction of sp³-hybridized carbons (Fsp3) is 0.111. The Balaban J connectivity index is 1.48. The number of hydrogen-bond donors (Lipinski definition) is 2. The first-order chi connectivity index (χ1) is 17.8. The normalized spacial score (nSPS) is 13.1. The van der Waals surface area contributed by atoms with Crippen molar-refractivity contribution < 1.29 is 28.3 Å². The summed E-state index contributed by atoms with van der Waals surface area (Å²) in [5, 5.41) is 4.97. The Bertz CT molecular complexity index is 1420. The maximum atomic E-state index is 13.8. The maximum absolute atomic E-state index is 13.8. The standard InChI is InChI=1S/C27H21ClFN3O5/c1-2-14-37-27(36)17-6-5-7-19(15-17)32-25(34)22(28)23(26(32)35)30-18-12-10-16(11-13-18)24(33)31-21-9-4-3-8-20(21)29/h3-13,15,30H,2,14H2,1H3,(H,31,33). The summed E-state index contributed by atoms with van der Waals surface area (Å²) in [6, 6.07) is 17.7. The quantitative estimate of drug-likeness (QED) is 0.316. The second-order valence-corrected chi connectivity index (χ2v) is 8.34. The van der Waals surface area contributed by atoms with Crippen molar-refractivity contribution in [3.63, 3.8) is 0 Å². The molecular formula is C27H21ClFN3O5. The van der Waals surface area contributed by atoms with Gasteiger partial charge in [0.25, 0.3) is 17.7 Å². The van der Waals surface area contributed by atoms with Crippen molar-refractivity contribution in [1.29, 1.82) is 0 Å². The molecule has 0 atom stereocenters. The van der Waals surface area contributed by atoms with E-state index in [1.54, 1.807) is 6.07 Å². The number of anilines is 3. The number of amides is 3. The Morgan fingerprint density at radius 3 is 2.38 bits per heavy atom. The third-order valence-corrected chi connectivity index (χ3v) is 5.69. The van der Waals surface area contributed by atoms with Crippen LogP contribution in [0, 0.1) is 5.82 Å². The van der Waals surface area contributed by atoms with E-state index in [0.29, 0.717) is 12.1 Å². The van der Waals surface area contributed by atoms with Crippen molar-refractivity contribution in [1.82, 2.24) is 0 Å². The highest BCUT2D eigenvalue weighted by Gasteiger charge is 2.39. The molecule has 0 radical (unpaired) electrons. The topological polar surface area (TPSA) is 105 Å². The monoisotopic (exact) mass is 521 g/mol. The first-order valence-electron chi connectivity index (χ1n) is 11.3. The van der Waals surface area contributed by atoms with Crippen LogP contribution >= 0.6 is 11.6 Å². The molecule has 3 aromatic carbocycles. The van der Waals surface area contributed by atoms with Crippen molar-refractivity contribution in [2.24, 2.45) is 0 Å². The fourth-order valence-corrected chi connectivity index (χ4v) is 3.71. The van der Waals surface area contributed by atoms with Crippen molar-refractivity contribution >= 4 is 52.4 Å². The zero-order valence-corrected chi connectivity index (χ0v) is 20.3. The van der Waals surface area contributed by atoms with Crippen LogP contribution in [0.1, 0.15) is 34.1 Å². The molecular weight excluding hydrogens is 501 g/mol. The lowest BCUT2D eigenvalue weighted by Crippen LogP contribution is -2.32. The molecule has 0 aliphatic carbocycles. The molecule has 3 aromatic rings. The number of carbonyl (C=O) groups excluding carboxylic acids is 4. The summed E-state index contributed by atoms with van der Waals surface area (Å²) in [7, 11) is 0. The van der Waals surface area contributed by atoms with Gasteiger partial charge >= 0.3 is 5.97 Å². The molecule has 8 nitrogen and oxygen atoms in total. The molecule has 4 rings (SSSR count). The fourth-order valence-electron chi connectivity index (χ4n) is 3.50. The SMILES string of the molecule is CCCOC(=O)c1cccc(N2C(=O)C(Cl)=C(Nc3ccc(C(=O)Nc4ccccc4F)cc3)C2=O)c1. The molecule has 1 heterocycles. The minimum atomic E-state index is -0.755. The predicted octanol–water partition coefficient (Wildman–Crippen LogP) is 5.08. The van der Waals surface area contributed by atoms with Crippen LogP contribution in [0.5, 0.6) is 0 Å². The number of hydrogen-bond acceptors (Lipinski definition) is 6. The van der Waals surface area contributed by atoms with Gasteiger partial charge in [0.05, 0.1) is 23.5 Å². The van der Waals surface area contributed by atoms with Crippen LogP contribution in [-0.4, -0.2) is 30.3 Å². The van der Waals surface area contributed by atoms with Gasteiger partial charge < -0.3 is 15.4 Å². The van der Waals surface area contributed by atoms with Gasteiger partial charge in [-0.1, -0.05) is 36.7 Å². The van der Waals surface area contributed by atoms with Crippen LogP contribution in [0.3, 0.4) is 0 Å². The largest absolute Gasteiger partial charge is 0.462 e. The van der Waals surface area contributed by atoms with Crippen molar-refractivity contribution in [2.75, 3.05) is 22.1 Å². The summed E-state index contributed by atoms with van der Waals surface area (Å²) in [4.78, 5) is 51.4. The van der Waals surface area contributed by atoms with Gasteiger partial charge in [0.15, 0.2) is 0 Å². The first kappa shape index (κ1) is 25.6. The van der Waals surface area contributed by atoms with Crippen molar-refractivity contribution in [3.05, 3.63) is 100 Å². The van der Waals surface area contributed by atoms with Gasteiger partial charge in [-0.15, -0.1) is 0 Å². The van der Waals surface area contributed by atoms with E-state index in [2.05, 4.69) is 10.6 Å². The van der Waals surface area contributed by atoms with Crippen LogP contribution in [-0.2, 0) is 14.3 Å². The van der Waals surface area contributed by atoms with Crippen LogP contribution in [0.25, 0.3) is 0 Å². The van der Waals surface area contributed by atoms with Crippen LogP contribution in [0.2, 0.25) is 0 Å². The van der Waals surface area contributed by atoms with E-state index >= 15 is 0 Å². The summed E-state index contributed by atoms with van der Waals surface area (Å²) < 4.78 is 18.9. The summed E-state index contributed by atoms with van der Waals surface area (Å²) in [6.07, 6.45) is 0.653. The number of ether oxygens (including phenoxy) is 1. The van der Waals surface area contributed by atoms with E-state index in [1.807, 2.05) is 6.92 Å². The molecule has 3 amide bonds. The van der Waals surface area contributed by atoms with Crippen LogP contribution in [0.15, 0.2) is 83.5 Å². The molecule has 188 valence electrons. The number of esters is 1. The number of nitrogens with one attached hydrogen (secondary N) is 2. The summed E-state index contributed by atoms with van der Waals surface area (Å²) >= 11 is 6.19. The third kappa shape index (κ3) is 5.52. The smallest absolute Gasteiger partial charge is 0.338 e. The maximum Gasteiger partial charge on any atom is 0.338 e. The molecule has 0 fully saturated rings. The Hall–Kier alpha value is -4.50. The van der Waals surface area contributed by atoms with E-state index in [-0.39, 0.29) is 39.8 Å². The molecule has 2 N–H and O–H groups in total. The van der Waals surface area contributed by atoms with E-state index in [0.717, 1.165) is 4.90 Å². The average Bonchev–Trinajstić information content (AvgIpc) is 3.11.